The van der Waals surface area contributed by atoms with Crippen molar-refractivity contribution in [3.05, 3.63) is 89.5 Å². The number of methoxy groups -OCH3 is 2. The summed E-state index contributed by atoms with van der Waals surface area (Å²) < 4.78 is 10.5. The van der Waals surface area contributed by atoms with Gasteiger partial charge in [0, 0.05) is 29.3 Å². The van der Waals surface area contributed by atoms with Crippen LogP contribution in [-0.2, 0) is 16.0 Å². The van der Waals surface area contributed by atoms with Crippen molar-refractivity contribution in [2.24, 2.45) is 0 Å². The van der Waals surface area contributed by atoms with E-state index in [1.165, 1.54) is 62.2 Å². The van der Waals surface area contributed by atoms with Crippen LogP contribution < -0.4 is 25.6 Å². The molecule has 37 heavy (non-hydrogen) atoms. The predicted octanol–water partition coefficient (Wildman–Crippen LogP) is 2.91. The summed E-state index contributed by atoms with van der Waals surface area (Å²) in [4.78, 5) is 37.4. The van der Waals surface area contributed by atoms with Gasteiger partial charge in [-0.3, -0.25) is 19.6 Å². The number of ether oxygens (including phenoxy) is 2. The van der Waals surface area contributed by atoms with Crippen molar-refractivity contribution in [1.82, 2.24) is 10.8 Å². The maximum Gasteiger partial charge on any atom is 0.274 e. The summed E-state index contributed by atoms with van der Waals surface area (Å²) in [5.41, 5.74) is 3.46. The Morgan fingerprint density at radius 1 is 0.946 bits per heavy atom. The van der Waals surface area contributed by atoms with Crippen LogP contribution in [0.1, 0.15) is 21.5 Å². The Labute approximate surface area is 213 Å². The molecule has 3 aromatic rings. The van der Waals surface area contributed by atoms with Gasteiger partial charge in [0.25, 0.3) is 5.91 Å². The fourth-order valence-electron chi connectivity index (χ4n) is 3.43. The number of carbonyl (C=O) groups excluding carboxylic acids is 3. The van der Waals surface area contributed by atoms with E-state index in [2.05, 4.69) is 10.6 Å². The van der Waals surface area contributed by atoms with Gasteiger partial charge in [-0.05, 0) is 66.2 Å². The number of phenols is 1. The van der Waals surface area contributed by atoms with Crippen molar-refractivity contribution in [3.8, 4) is 17.2 Å². The first-order valence-corrected chi connectivity index (χ1v) is 11.2. The van der Waals surface area contributed by atoms with Crippen molar-refractivity contribution in [3.63, 3.8) is 0 Å². The number of phenolic OH excluding ortho intramolecular Hbond substituents is 1. The van der Waals surface area contributed by atoms with Gasteiger partial charge in [0.15, 0.2) is 0 Å². The highest BCUT2D eigenvalue weighted by Crippen LogP contribution is 2.25. The third-order valence-corrected chi connectivity index (χ3v) is 5.38. The van der Waals surface area contributed by atoms with Gasteiger partial charge in [-0.25, -0.2) is 5.48 Å². The first kappa shape index (κ1) is 26.8. The molecule has 0 aromatic heterocycles. The average Bonchev–Trinajstić information content (AvgIpc) is 2.92. The average molecular weight is 506 g/mol. The van der Waals surface area contributed by atoms with Crippen molar-refractivity contribution in [1.29, 1.82) is 0 Å². The molecule has 0 saturated heterocycles. The van der Waals surface area contributed by atoms with Crippen LogP contribution in [0.4, 0.5) is 5.69 Å². The number of nitrogens with one attached hydrogen (secondary N) is 3. The van der Waals surface area contributed by atoms with Crippen LogP contribution >= 0.6 is 0 Å². The molecule has 0 aliphatic carbocycles. The number of anilines is 1. The fraction of sp³-hybridized carbons (Fsp3) is 0.148. The van der Waals surface area contributed by atoms with Gasteiger partial charge >= 0.3 is 0 Å². The summed E-state index contributed by atoms with van der Waals surface area (Å²) in [6.45, 7) is 0. The zero-order chi connectivity index (χ0) is 26.8. The number of amides is 3. The second-order valence-electron chi connectivity index (χ2n) is 7.88. The van der Waals surface area contributed by atoms with E-state index >= 15 is 0 Å². The van der Waals surface area contributed by atoms with Gasteiger partial charge in [-0.2, -0.15) is 0 Å². The number of hydroxylamine groups is 1. The third-order valence-electron chi connectivity index (χ3n) is 5.38. The topological polar surface area (TPSA) is 146 Å². The molecule has 0 aliphatic heterocycles. The minimum Gasteiger partial charge on any atom is -0.508 e. The van der Waals surface area contributed by atoms with Crippen molar-refractivity contribution < 1.29 is 34.2 Å². The maximum atomic E-state index is 13.1. The lowest BCUT2D eigenvalue weighted by molar-refractivity contribution is -0.123. The van der Waals surface area contributed by atoms with E-state index in [0.717, 1.165) is 0 Å². The molecule has 0 saturated carbocycles. The molecule has 1 atom stereocenters. The number of rotatable bonds is 10. The Bertz CT molecular complexity index is 1270. The van der Waals surface area contributed by atoms with Gasteiger partial charge < -0.3 is 25.2 Å². The first-order valence-electron chi connectivity index (χ1n) is 11.2. The highest BCUT2D eigenvalue weighted by atomic mass is 16.5. The van der Waals surface area contributed by atoms with Crippen molar-refractivity contribution in [2.45, 2.75) is 12.5 Å². The standard InChI is InChI=1S/C27H27N3O7/c1-36-22-12-13-24(37-2)19(16-22)7-14-25(32)29-23(15-17-3-10-21(31)11-4-17)27(34)28-20-8-5-18(6-9-20)26(33)30-35/h3-14,16,23,31,35H,15H2,1-2H3,(H,28,34)(H,29,32)(H,30,33)/b14-7+/t23-/m0/s1. The zero-order valence-electron chi connectivity index (χ0n) is 20.2. The molecule has 192 valence electrons. The number of hydrogen-bond acceptors (Lipinski definition) is 7. The van der Waals surface area contributed by atoms with Crippen molar-refractivity contribution >= 4 is 29.5 Å². The lowest BCUT2D eigenvalue weighted by atomic mass is 10.0. The third kappa shape index (κ3) is 7.58. The summed E-state index contributed by atoms with van der Waals surface area (Å²) in [7, 11) is 3.05. The van der Waals surface area contributed by atoms with Gasteiger partial charge in [-0.1, -0.05) is 12.1 Å². The smallest absolute Gasteiger partial charge is 0.274 e. The summed E-state index contributed by atoms with van der Waals surface area (Å²) in [5.74, 6) is -0.479. The number of hydrogen-bond donors (Lipinski definition) is 5. The van der Waals surface area contributed by atoms with Crippen LogP contribution in [0.25, 0.3) is 6.08 Å². The summed E-state index contributed by atoms with van der Waals surface area (Å²) in [5, 5.41) is 23.7. The highest BCUT2D eigenvalue weighted by Gasteiger charge is 2.21. The van der Waals surface area contributed by atoms with Crippen LogP contribution in [0.5, 0.6) is 17.2 Å². The molecule has 5 N–H and O–H groups in total. The molecule has 3 amide bonds. The van der Waals surface area contributed by atoms with Crippen LogP contribution in [0, 0.1) is 0 Å². The Kier molecular flexibility index (Phi) is 9.23. The highest BCUT2D eigenvalue weighted by molar-refractivity contribution is 6.01. The molecule has 0 fully saturated rings. The number of carbonyl (C=O) groups is 3. The van der Waals surface area contributed by atoms with E-state index in [1.807, 2.05) is 0 Å². The molecular formula is C27H27N3O7. The first-order chi connectivity index (χ1) is 17.8. The quantitative estimate of drug-likeness (QED) is 0.162. The molecule has 3 rings (SSSR count). The predicted molar refractivity (Wildman–Crippen MR) is 137 cm³/mol. The number of aromatic hydroxyl groups is 1. The van der Waals surface area contributed by atoms with E-state index in [4.69, 9.17) is 14.7 Å². The second-order valence-corrected chi connectivity index (χ2v) is 7.88. The molecule has 0 aliphatic rings. The lowest BCUT2D eigenvalue weighted by Gasteiger charge is -2.18. The Hall–Kier alpha value is -4.83. The van der Waals surface area contributed by atoms with Gasteiger partial charge in [0.1, 0.15) is 23.3 Å². The van der Waals surface area contributed by atoms with E-state index in [9.17, 15) is 19.5 Å². The van der Waals surface area contributed by atoms with E-state index in [-0.39, 0.29) is 17.7 Å². The van der Waals surface area contributed by atoms with Crippen molar-refractivity contribution in [2.75, 3.05) is 19.5 Å². The Morgan fingerprint density at radius 2 is 1.65 bits per heavy atom. The normalized spacial score (nSPS) is 11.4. The Morgan fingerprint density at radius 3 is 2.27 bits per heavy atom. The fourth-order valence-corrected chi connectivity index (χ4v) is 3.43. The van der Waals surface area contributed by atoms with Gasteiger partial charge in [0.05, 0.1) is 14.2 Å². The van der Waals surface area contributed by atoms with Gasteiger partial charge in [0.2, 0.25) is 11.8 Å². The Balaban J connectivity index is 1.77. The minimum absolute atomic E-state index is 0.0796. The maximum absolute atomic E-state index is 13.1. The molecule has 10 nitrogen and oxygen atoms in total. The van der Waals surface area contributed by atoms with Crippen LogP contribution in [0.3, 0.4) is 0 Å². The van der Waals surface area contributed by atoms with Gasteiger partial charge in [-0.15, -0.1) is 0 Å². The SMILES string of the molecule is COc1ccc(OC)c(/C=C/C(=O)N[C@@H](Cc2ccc(O)cc2)C(=O)Nc2ccc(C(=O)NO)cc2)c1. The molecule has 10 heteroatoms. The number of benzene rings is 3. The monoisotopic (exact) mass is 505 g/mol. The summed E-state index contributed by atoms with van der Waals surface area (Å²) in [6, 6.07) is 16.3. The molecule has 0 radical (unpaired) electrons. The van der Waals surface area contributed by atoms with Crippen LogP contribution in [-0.4, -0.2) is 48.3 Å². The largest absolute Gasteiger partial charge is 0.508 e. The lowest BCUT2D eigenvalue weighted by Crippen LogP contribution is -2.44. The molecule has 0 bridgehead atoms. The van der Waals surface area contributed by atoms with E-state index in [1.54, 1.807) is 36.4 Å². The summed E-state index contributed by atoms with van der Waals surface area (Å²) in [6.07, 6.45) is 2.99. The molecule has 0 heterocycles. The molecule has 0 unspecified atom stereocenters. The molecule has 3 aromatic carbocycles. The van der Waals surface area contributed by atoms with E-state index < -0.39 is 23.8 Å². The minimum atomic E-state index is -0.964. The molecular weight excluding hydrogens is 478 g/mol. The molecule has 0 spiro atoms. The zero-order valence-corrected chi connectivity index (χ0v) is 20.2. The van der Waals surface area contributed by atoms with Crippen LogP contribution in [0.2, 0.25) is 0 Å². The van der Waals surface area contributed by atoms with E-state index in [0.29, 0.717) is 28.3 Å². The second kappa shape index (κ2) is 12.8. The summed E-state index contributed by atoms with van der Waals surface area (Å²) >= 11 is 0. The van der Waals surface area contributed by atoms with Crippen LogP contribution in [0.15, 0.2) is 72.8 Å².